The summed E-state index contributed by atoms with van der Waals surface area (Å²) < 4.78 is 6.81. The molecule has 0 bridgehead atoms. The molecule has 3 nitrogen and oxygen atoms in total. The second-order valence-electron chi connectivity index (χ2n) is 4.06. The van der Waals surface area contributed by atoms with Crippen LogP contribution >= 0.6 is 15.9 Å². The van der Waals surface area contributed by atoms with Crippen molar-refractivity contribution < 1.29 is 4.74 Å². The van der Waals surface area contributed by atoms with E-state index >= 15 is 0 Å². The fourth-order valence-electron chi connectivity index (χ4n) is 1.73. The SMILES string of the molecule is Cc1cc(O[C@H]2CN[C@@H](C)C2)ncc1Br. The van der Waals surface area contributed by atoms with E-state index in [1.807, 2.05) is 13.0 Å². The summed E-state index contributed by atoms with van der Waals surface area (Å²) in [5.74, 6) is 0.719. The topological polar surface area (TPSA) is 34.1 Å². The lowest BCUT2D eigenvalue weighted by Gasteiger charge is -2.12. The Hall–Kier alpha value is -0.610. The van der Waals surface area contributed by atoms with E-state index in [9.17, 15) is 0 Å². The van der Waals surface area contributed by atoms with Crippen molar-refractivity contribution in [3.05, 3.63) is 22.3 Å². The Morgan fingerprint density at radius 2 is 2.40 bits per heavy atom. The van der Waals surface area contributed by atoms with Crippen LogP contribution in [0.3, 0.4) is 0 Å². The summed E-state index contributed by atoms with van der Waals surface area (Å²) >= 11 is 3.42. The summed E-state index contributed by atoms with van der Waals surface area (Å²) in [5.41, 5.74) is 1.15. The largest absolute Gasteiger partial charge is 0.473 e. The van der Waals surface area contributed by atoms with Crippen molar-refractivity contribution in [2.75, 3.05) is 6.54 Å². The van der Waals surface area contributed by atoms with Crippen molar-refractivity contribution in [1.82, 2.24) is 10.3 Å². The number of hydrogen-bond donors (Lipinski definition) is 1. The van der Waals surface area contributed by atoms with E-state index in [2.05, 4.69) is 33.2 Å². The Kier molecular flexibility index (Phi) is 3.26. The Morgan fingerprint density at radius 3 is 3.00 bits per heavy atom. The maximum atomic E-state index is 5.79. The second kappa shape index (κ2) is 4.49. The monoisotopic (exact) mass is 270 g/mol. The molecule has 2 heterocycles. The molecule has 1 aromatic rings. The molecule has 15 heavy (non-hydrogen) atoms. The Labute approximate surface area is 98.4 Å². The summed E-state index contributed by atoms with van der Waals surface area (Å²) in [6.07, 6.45) is 3.10. The molecule has 4 heteroatoms. The molecule has 0 aliphatic carbocycles. The van der Waals surface area contributed by atoms with Crippen LogP contribution in [0.1, 0.15) is 18.9 Å². The molecule has 0 amide bonds. The van der Waals surface area contributed by atoms with Crippen LogP contribution in [0.5, 0.6) is 5.88 Å². The standard InChI is InChI=1S/C11H15BrN2O/c1-7-3-11(14-6-10(7)12)15-9-4-8(2)13-5-9/h3,6,8-9,13H,4-5H2,1-2H3/t8-,9+/m0/s1. The average Bonchev–Trinajstić information content (AvgIpc) is 2.58. The van der Waals surface area contributed by atoms with Crippen LogP contribution in [0.15, 0.2) is 16.7 Å². The second-order valence-corrected chi connectivity index (χ2v) is 4.91. The number of aryl methyl sites for hydroxylation is 1. The molecule has 1 aliphatic rings. The molecule has 0 spiro atoms. The number of nitrogens with zero attached hydrogens (tertiary/aromatic N) is 1. The Morgan fingerprint density at radius 1 is 1.60 bits per heavy atom. The third-order valence-corrected chi connectivity index (χ3v) is 3.45. The van der Waals surface area contributed by atoms with E-state index in [1.54, 1.807) is 6.20 Å². The number of rotatable bonds is 2. The number of ether oxygens (including phenoxy) is 1. The van der Waals surface area contributed by atoms with E-state index < -0.39 is 0 Å². The van der Waals surface area contributed by atoms with E-state index in [0.717, 1.165) is 28.9 Å². The van der Waals surface area contributed by atoms with Crippen molar-refractivity contribution in [3.8, 4) is 5.88 Å². The van der Waals surface area contributed by atoms with E-state index in [4.69, 9.17) is 4.74 Å². The molecular weight excluding hydrogens is 256 g/mol. The van der Waals surface area contributed by atoms with E-state index in [0.29, 0.717) is 6.04 Å². The normalized spacial score (nSPS) is 25.5. The number of nitrogens with one attached hydrogen (secondary N) is 1. The molecule has 0 radical (unpaired) electrons. The first kappa shape index (κ1) is 10.9. The van der Waals surface area contributed by atoms with Gasteiger partial charge in [0.2, 0.25) is 5.88 Å². The van der Waals surface area contributed by atoms with Gasteiger partial charge in [0.05, 0.1) is 0 Å². The lowest BCUT2D eigenvalue weighted by molar-refractivity contribution is 0.211. The molecule has 2 atom stereocenters. The van der Waals surface area contributed by atoms with Gasteiger partial charge in [-0.2, -0.15) is 0 Å². The summed E-state index contributed by atoms with van der Waals surface area (Å²) in [4.78, 5) is 4.23. The maximum Gasteiger partial charge on any atom is 0.213 e. The smallest absolute Gasteiger partial charge is 0.213 e. The highest BCUT2D eigenvalue weighted by molar-refractivity contribution is 9.10. The molecule has 2 rings (SSSR count). The van der Waals surface area contributed by atoms with Crippen molar-refractivity contribution in [3.63, 3.8) is 0 Å². The molecule has 1 fully saturated rings. The highest BCUT2D eigenvalue weighted by Gasteiger charge is 2.22. The first-order valence-corrected chi connectivity index (χ1v) is 5.96. The van der Waals surface area contributed by atoms with Crippen LogP contribution in [0.2, 0.25) is 0 Å². The van der Waals surface area contributed by atoms with Crippen molar-refractivity contribution >= 4 is 15.9 Å². The minimum atomic E-state index is 0.257. The van der Waals surface area contributed by atoms with Crippen molar-refractivity contribution in [2.24, 2.45) is 0 Å². The van der Waals surface area contributed by atoms with Crippen LogP contribution in [-0.4, -0.2) is 23.7 Å². The summed E-state index contributed by atoms with van der Waals surface area (Å²) in [6.45, 7) is 5.12. The van der Waals surface area contributed by atoms with Gasteiger partial charge >= 0.3 is 0 Å². The van der Waals surface area contributed by atoms with Gasteiger partial charge in [-0.1, -0.05) is 0 Å². The molecule has 0 unspecified atom stereocenters. The first-order chi connectivity index (χ1) is 7.15. The van der Waals surface area contributed by atoms with Gasteiger partial charge in [0.1, 0.15) is 6.10 Å². The van der Waals surface area contributed by atoms with Crippen LogP contribution in [0, 0.1) is 6.92 Å². The van der Waals surface area contributed by atoms with Crippen molar-refractivity contribution in [1.29, 1.82) is 0 Å². The fourth-order valence-corrected chi connectivity index (χ4v) is 1.95. The molecular formula is C11H15BrN2O. The van der Waals surface area contributed by atoms with Gasteiger partial charge < -0.3 is 10.1 Å². The summed E-state index contributed by atoms with van der Waals surface area (Å²) in [7, 11) is 0. The predicted octanol–water partition coefficient (Wildman–Crippen LogP) is 2.28. The van der Waals surface area contributed by atoms with Gasteiger partial charge in [0.15, 0.2) is 0 Å². The fraction of sp³-hybridized carbons (Fsp3) is 0.545. The minimum absolute atomic E-state index is 0.257. The quantitative estimate of drug-likeness (QED) is 0.896. The number of halogens is 1. The molecule has 1 saturated heterocycles. The zero-order valence-electron chi connectivity index (χ0n) is 8.96. The number of aromatic nitrogens is 1. The summed E-state index contributed by atoms with van der Waals surface area (Å²) in [5, 5.41) is 3.35. The van der Waals surface area contributed by atoms with Gasteiger partial charge in [-0.15, -0.1) is 0 Å². The van der Waals surface area contributed by atoms with Crippen LogP contribution in [0.25, 0.3) is 0 Å². The van der Waals surface area contributed by atoms with Gasteiger partial charge in [-0.25, -0.2) is 4.98 Å². The van der Waals surface area contributed by atoms with Gasteiger partial charge in [0.25, 0.3) is 0 Å². The minimum Gasteiger partial charge on any atom is -0.473 e. The third kappa shape index (κ3) is 2.69. The first-order valence-electron chi connectivity index (χ1n) is 5.17. The zero-order chi connectivity index (χ0) is 10.8. The average molecular weight is 271 g/mol. The molecule has 82 valence electrons. The lowest BCUT2D eigenvalue weighted by Crippen LogP contribution is -2.20. The van der Waals surface area contributed by atoms with E-state index in [-0.39, 0.29) is 6.10 Å². The molecule has 1 N–H and O–H groups in total. The molecule has 0 aromatic carbocycles. The highest BCUT2D eigenvalue weighted by atomic mass is 79.9. The van der Waals surface area contributed by atoms with E-state index in [1.165, 1.54) is 0 Å². The highest BCUT2D eigenvalue weighted by Crippen LogP contribution is 2.21. The Balaban J connectivity index is 2.02. The van der Waals surface area contributed by atoms with Gasteiger partial charge in [-0.05, 0) is 35.3 Å². The molecule has 1 aliphatic heterocycles. The maximum absolute atomic E-state index is 5.79. The van der Waals surface area contributed by atoms with Gasteiger partial charge in [-0.3, -0.25) is 0 Å². The van der Waals surface area contributed by atoms with Crippen LogP contribution in [-0.2, 0) is 0 Å². The van der Waals surface area contributed by atoms with Crippen molar-refractivity contribution in [2.45, 2.75) is 32.4 Å². The summed E-state index contributed by atoms with van der Waals surface area (Å²) in [6, 6.07) is 2.51. The number of pyridine rings is 1. The van der Waals surface area contributed by atoms with Gasteiger partial charge in [0, 0.05) is 35.7 Å². The lowest BCUT2D eigenvalue weighted by atomic mass is 10.2. The number of hydrogen-bond acceptors (Lipinski definition) is 3. The molecule has 1 aromatic heterocycles. The predicted molar refractivity (Wildman–Crippen MR) is 63.2 cm³/mol. The molecule has 0 saturated carbocycles. The third-order valence-electron chi connectivity index (χ3n) is 2.62. The zero-order valence-corrected chi connectivity index (χ0v) is 10.5. The Bertz CT molecular complexity index is 356. The van der Waals surface area contributed by atoms with Crippen LogP contribution in [0.4, 0.5) is 0 Å². The van der Waals surface area contributed by atoms with Crippen LogP contribution < -0.4 is 10.1 Å².